The first-order chi connectivity index (χ1) is 5.57. The molecule has 0 aromatic heterocycles. The highest BCUT2D eigenvalue weighted by Crippen LogP contribution is 1.97. The highest BCUT2D eigenvalue weighted by atomic mass is 19.1. The zero-order valence-corrected chi connectivity index (χ0v) is 6.33. The van der Waals surface area contributed by atoms with Crippen LogP contribution in [0.25, 0.3) is 0 Å². The number of esters is 1. The van der Waals surface area contributed by atoms with Crippen molar-refractivity contribution in [3.05, 3.63) is 0 Å². The second-order valence-corrected chi connectivity index (χ2v) is 2.11. The monoisotopic (exact) mass is 179 g/mol. The molecule has 1 atom stereocenters. The van der Waals surface area contributed by atoms with Crippen molar-refractivity contribution in [3.63, 3.8) is 0 Å². The van der Waals surface area contributed by atoms with Gasteiger partial charge in [-0.25, -0.2) is 4.39 Å². The Morgan fingerprint density at radius 3 is 2.58 bits per heavy atom. The summed E-state index contributed by atoms with van der Waals surface area (Å²) in [6.07, 6.45) is -0.231. The maximum Gasteiger partial charge on any atom is 0.320 e. The van der Waals surface area contributed by atoms with Crippen molar-refractivity contribution in [1.29, 1.82) is 0 Å². The maximum absolute atomic E-state index is 11.3. The first-order valence-corrected chi connectivity index (χ1v) is 3.28. The Balaban J connectivity index is 3.54. The third-order valence-corrected chi connectivity index (χ3v) is 1.19. The Bertz CT molecular complexity index is 173. The lowest BCUT2D eigenvalue weighted by atomic mass is 10.2. The normalized spacial score (nSPS) is 12.2. The molecule has 0 aliphatic rings. The Morgan fingerprint density at radius 1 is 1.58 bits per heavy atom. The highest BCUT2D eigenvalue weighted by Gasteiger charge is 2.13. The molecule has 0 aromatic carbocycles. The molecule has 0 radical (unpaired) electrons. The van der Waals surface area contributed by atoms with Crippen LogP contribution >= 0.6 is 0 Å². The quantitative estimate of drug-likeness (QED) is 0.563. The van der Waals surface area contributed by atoms with Gasteiger partial charge in [-0.3, -0.25) is 9.59 Å². The Hall–Kier alpha value is -1.17. The average molecular weight is 179 g/mol. The van der Waals surface area contributed by atoms with Crippen LogP contribution in [0.1, 0.15) is 12.8 Å². The molecule has 12 heavy (non-hydrogen) atoms. The van der Waals surface area contributed by atoms with E-state index in [4.69, 9.17) is 10.8 Å². The van der Waals surface area contributed by atoms with Gasteiger partial charge in [-0.2, -0.15) is 0 Å². The molecule has 5 nitrogen and oxygen atoms in total. The van der Waals surface area contributed by atoms with E-state index in [2.05, 4.69) is 4.74 Å². The second-order valence-electron chi connectivity index (χ2n) is 2.11. The van der Waals surface area contributed by atoms with Gasteiger partial charge >= 0.3 is 11.9 Å². The Kier molecular flexibility index (Phi) is 4.94. The summed E-state index contributed by atoms with van der Waals surface area (Å²) >= 11 is 0. The number of ether oxygens (including phenoxy) is 1. The van der Waals surface area contributed by atoms with Crippen LogP contribution in [0, 0.1) is 0 Å². The van der Waals surface area contributed by atoms with Crippen LogP contribution < -0.4 is 5.73 Å². The minimum Gasteiger partial charge on any atom is -0.480 e. The Labute approximate surface area is 68.3 Å². The van der Waals surface area contributed by atoms with Crippen molar-refractivity contribution in [2.24, 2.45) is 5.73 Å². The van der Waals surface area contributed by atoms with Crippen molar-refractivity contribution < 1.29 is 23.8 Å². The van der Waals surface area contributed by atoms with Crippen LogP contribution in [0.5, 0.6) is 0 Å². The summed E-state index contributed by atoms with van der Waals surface area (Å²) in [4.78, 5) is 20.6. The molecule has 0 spiro atoms. The fraction of sp³-hybridized carbons (Fsp3) is 0.667. The molecule has 70 valence electrons. The van der Waals surface area contributed by atoms with Gasteiger partial charge in [0.15, 0.2) is 0 Å². The van der Waals surface area contributed by atoms with Crippen molar-refractivity contribution in [3.8, 4) is 0 Å². The molecule has 0 aromatic rings. The van der Waals surface area contributed by atoms with E-state index in [1.54, 1.807) is 0 Å². The number of alkyl halides is 1. The van der Waals surface area contributed by atoms with Crippen LogP contribution in [0.3, 0.4) is 0 Å². The van der Waals surface area contributed by atoms with Crippen molar-refractivity contribution in [2.45, 2.75) is 18.9 Å². The number of carbonyl (C=O) groups excluding carboxylic acids is 1. The van der Waals surface area contributed by atoms with Crippen molar-refractivity contribution in [1.82, 2.24) is 0 Å². The van der Waals surface area contributed by atoms with E-state index in [1.165, 1.54) is 0 Å². The molecular formula is C6H10FNO4. The van der Waals surface area contributed by atoms with Crippen LogP contribution in [-0.4, -0.2) is 29.9 Å². The zero-order valence-electron chi connectivity index (χ0n) is 6.33. The lowest BCUT2D eigenvalue weighted by Crippen LogP contribution is -2.30. The number of carboxylic acids is 1. The minimum atomic E-state index is -1.19. The standard InChI is InChI=1S/C6H10FNO4/c7-3-12-5(9)2-1-4(8)6(10)11/h4H,1-3,8H2,(H,10,11)/t4-/m0/s1. The number of nitrogens with two attached hydrogens (primary N) is 1. The van der Waals surface area contributed by atoms with Gasteiger partial charge in [0.2, 0.25) is 6.86 Å². The van der Waals surface area contributed by atoms with Gasteiger partial charge in [0.1, 0.15) is 6.04 Å². The smallest absolute Gasteiger partial charge is 0.320 e. The number of hydrogen-bond acceptors (Lipinski definition) is 4. The van der Waals surface area contributed by atoms with Crippen LogP contribution in [0.2, 0.25) is 0 Å². The molecule has 0 rings (SSSR count). The minimum absolute atomic E-state index is 0.0475. The molecule has 0 unspecified atom stereocenters. The highest BCUT2D eigenvalue weighted by molar-refractivity contribution is 5.75. The number of carbonyl (C=O) groups is 2. The Morgan fingerprint density at radius 2 is 2.17 bits per heavy atom. The summed E-state index contributed by atoms with van der Waals surface area (Å²) in [5.41, 5.74) is 5.06. The van der Waals surface area contributed by atoms with E-state index in [0.29, 0.717) is 0 Å². The van der Waals surface area contributed by atoms with Crippen molar-refractivity contribution in [2.75, 3.05) is 6.86 Å². The third kappa shape index (κ3) is 4.62. The summed E-state index contributed by atoms with van der Waals surface area (Å²) in [6, 6.07) is -1.10. The fourth-order valence-electron chi connectivity index (χ4n) is 0.530. The topological polar surface area (TPSA) is 89.6 Å². The fourth-order valence-corrected chi connectivity index (χ4v) is 0.530. The third-order valence-electron chi connectivity index (χ3n) is 1.19. The summed E-state index contributed by atoms with van der Waals surface area (Å²) in [5, 5.41) is 8.27. The van der Waals surface area contributed by atoms with E-state index < -0.39 is 24.8 Å². The SMILES string of the molecule is N[C@@H](CCC(=O)OCF)C(=O)O. The lowest BCUT2D eigenvalue weighted by Gasteiger charge is -2.04. The first-order valence-electron chi connectivity index (χ1n) is 3.28. The molecule has 0 fully saturated rings. The van der Waals surface area contributed by atoms with Gasteiger partial charge in [-0.15, -0.1) is 0 Å². The van der Waals surface area contributed by atoms with Crippen LogP contribution in [0.4, 0.5) is 4.39 Å². The van der Waals surface area contributed by atoms with Crippen LogP contribution in [-0.2, 0) is 14.3 Å². The molecule has 0 amide bonds. The molecule has 0 heterocycles. The van der Waals surface area contributed by atoms with Gasteiger partial charge in [-0.05, 0) is 6.42 Å². The molecule has 0 aliphatic heterocycles. The number of hydrogen-bond donors (Lipinski definition) is 2. The summed E-state index contributed by atoms with van der Waals surface area (Å²) in [5.74, 6) is -1.97. The molecule has 0 aliphatic carbocycles. The van der Waals surface area contributed by atoms with Gasteiger partial charge in [0, 0.05) is 6.42 Å². The number of rotatable bonds is 5. The number of halogens is 1. The molecule has 0 bridgehead atoms. The molecular weight excluding hydrogens is 169 g/mol. The van der Waals surface area contributed by atoms with E-state index in [9.17, 15) is 14.0 Å². The van der Waals surface area contributed by atoms with E-state index >= 15 is 0 Å². The zero-order chi connectivity index (χ0) is 9.56. The van der Waals surface area contributed by atoms with Crippen LogP contribution in [0.15, 0.2) is 0 Å². The van der Waals surface area contributed by atoms with Gasteiger partial charge in [0.25, 0.3) is 0 Å². The summed E-state index contributed by atoms with van der Waals surface area (Å²) in [7, 11) is 0. The van der Waals surface area contributed by atoms with Crippen molar-refractivity contribution >= 4 is 11.9 Å². The number of aliphatic carboxylic acids is 1. The molecule has 6 heteroatoms. The summed E-state index contributed by atoms with van der Waals surface area (Å²) in [6.45, 7) is -1.19. The molecule has 0 saturated carbocycles. The molecule has 3 N–H and O–H groups in total. The largest absolute Gasteiger partial charge is 0.480 e. The van der Waals surface area contributed by atoms with Gasteiger partial charge in [-0.1, -0.05) is 0 Å². The first kappa shape index (κ1) is 10.8. The predicted molar refractivity (Wildman–Crippen MR) is 36.9 cm³/mol. The van der Waals surface area contributed by atoms with Gasteiger partial charge < -0.3 is 15.6 Å². The van der Waals surface area contributed by atoms with E-state index in [-0.39, 0.29) is 12.8 Å². The lowest BCUT2D eigenvalue weighted by molar-refractivity contribution is -0.148. The number of carboxylic acid groups (broad SMARTS) is 1. The summed E-state index contributed by atoms with van der Waals surface area (Å²) < 4.78 is 15.3. The second kappa shape index (κ2) is 5.48. The predicted octanol–water partition coefficient (Wildman–Crippen LogP) is -0.351. The molecule has 0 saturated heterocycles. The van der Waals surface area contributed by atoms with Gasteiger partial charge in [0.05, 0.1) is 0 Å². The van der Waals surface area contributed by atoms with E-state index in [0.717, 1.165) is 0 Å². The maximum atomic E-state index is 11.3. The van der Waals surface area contributed by atoms with E-state index in [1.807, 2.05) is 0 Å². The average Bonchev–Trinajstić information content (AvgIpc) is 2.00.